The maximum atomic E-state index is 4.35. The summed E-state index contributed by atoms with van der Waals surface area (Å²) < 4.78 is 2.09. The van der Waals surface area contributed by atoms with Crippen molar-refractivity contribution in [3.8, 4) is 0 Å². The molecule has 1 atom stereocenters. The van der Waals surface area contributed by atoms with Crippen LogP contribution in [-0.2, 0) is 6.54 Å². The quantitative estimate of drug-likeness (QED) is 0.770. The minimum absolute atomic E-state index is 0.447. The fraction of sp³-hybridized carbons (Fsp3) is 0.769. The third-order valence-corrected chi connectivity index (χ3v) is 2.75. The Morgan fingerprint density at radius 2 is 2.12 bits per heavy atom. The van der Waals surface area contributed by atoms with Crippen molar-refractivity contribution in [3.05, 3.63) is 18.0 Å². The number of nitrogens with zero attached hydrogens (tertiary/aromatic N) is 2. The van der Waals surface area contributed by atoms with E-state index in [1.807, 2.05) is 6.20 Å². The van der Waals surface area contributed by atoms with Gasteiger partial charge in [0.25, 0.3) is 0 Å². The Hall–Kier alpha value is -0.830. The summed E-state index contributed by atoms with van der Waals surface area (Å²) in [6, 6.07) is 2.58. The summed E-state index contributed by atoms with van der Waals surface area (Å²) in [5.74, 6) is 0.703. The molecule has 1 N–H and O–H groups in total. The Kier molecular flexibility index (Phi) is 5.53. The van der Waals surface area contributed by atoms with Gasteiger partial charge in [0.2, 0.25) is 0 Å². The number of aryl methyl sites for hydroxylation is 1. The number of nitrogens with one attached hydrogen (secondary N) is 1. The predicted octanol–water partition coefficient (Wildman–Crippen LogP) is 2.99. The summed E-state index contributed by atoms with van der Waals surface area (Å²) in [7, 11) is 0. The van der Waals surface area contributed by atoms with Crippen LogP contribution in [0.5, 0.6) is 0 Å². The molecular formula is C13H25N3. The Balaban J connectivity index is 2.74. The topological polar surface area (TPSA) is 29.9 Å². The predicted molar refractivity (Wildman–Crippen MR) is 68.4 cm³/mol. The first-order chi connectivity index (χ1) is 7.69. The average Bonchev–Trinajstić information content (AvgIpc) is 2.71. The fourth-order valence-electron chi connectivity index (χ4n) is 2.00. The van der Waals surface area contributed by atoms with Crippen LogP contribution < -0.4 is 5.32 Å². The Labute approximate surface area is 99.2 Å². The molecule has 0 aliphatic rings. The fourth-order valence-corrected chi connectivity index (χ4v) is 2.00. The molecule has 1 heterocycles. The molecule has 1 rings (SSSR count). The van der Waals surface area contributed by atoms with Crippen LogP contribution in [0.25, 0.3) is 0 Å². The van der Waals surface area contributed by atoms with Crippen LogP contribution >= 0.6 is 0 Å². The van der Waals surface area contributed by atoms with Gasteiger partial charge in [0.05, 0.1) is 5.69 Å². The molecule has 3 heteroatoms. The molecule has 0 saturated carbocycles. The maximum Gasteiger partial charge on any atom is 0.0553 e. The lowest BCUT2D eigenvalue weighted by atomic mass is 10.0. The van der Waals surface area contributed by atoms with Gasteiger partial charge in [-0.3, -0.25) is 4.68 Å². The molecule has 0 spiro atoms. The van der Waals surface area contributed by atoms with Crippen LogP contribution in [0.3, 0.4) is 0 Å². The van der Waals surface area contributed by atoms with Gasteiger partial charge in [0.15, 0.2) is 0 Å². The van der Waals surface area contributed by atoms with E-state index in [0.717, 1.165) is 13.1 Å². The largest absolute Gasteiger partial charge is 0.309 e. The molecule has 0 saturated heterocycles. The van der Waals surface area contributed by atoms with Crippen LogP contribution in [0.15, 0.2) is 12.3 Å². The molecule has 1 aromatic heterocycles. The average molecular weight is 223 g/mol. The Morgan fingerprint density at radius 3 is 2.69 bits per heavy atom. The molecule has 1 unspecified atom stereocenters. The zero-order valence-corrected chi connectivity index (χ0v) is 11.0. The molecule has 0 amide bonds. The second kappa shape index (κ2) is 6.69. The third-order valence-electron chi connectivity index (χ3n) is 2.75. The lowest BCUT2D eigenvalue weighted by molar-refractivity contribution is 0.404. The highest BCUT2D eigenvalue weighted by Gasteiger charge is 2.16. The lowest BCUT2D eigenvalue weighted by Gasteiger charge is -2.21. The van der Waals surface area contributed by atoms with Gasteiger partial charge in [-0.25, -0.2) is 0 Å². The van der Waals surface area contributed by atoms with Crippen molar-refractivity contribution in [2.24, 2.45) is 5.92 Å². The van der Waals surface area contributed by atoms with E-state index >= 15 is 0 Å². The van der Waals surface area contributed by atoms with E-state index in [1.54, 1.807) is 0 Å². The molecular weight excluding hydrogens is 198 g/mol. The van der Waals surface area contributed by atoms with E-state index in [2.05, 4.69) is 48.9 Å². The molecule has 1 aromatic rings. The standard InChI is InChI=1S/C13H25N3/c1-5-8-14-12(10-11(3)4)13-7-9-15-16(13)6-2/h7,9,11-12,14H,5-6,8,10H2,1-4H3. The van der Waals surface area contributed by atoms with Crippen molar-refractivity contribution in [1.82, 2.24) is 15.1 Å². The number of aromatic nitrogens is 2. The van der Waals surface area contributed by atoms with Crippen LogP contribution in [0.4, 0.5) is 0 Å². The zero-order valence-electron chi connectivity index (χ0n) is 11.0. The minimum atomic E-state index is 0.447. The molecule has 16 heavy (non-hydrogen) atoms. The van der Waals surface area contributed by atoms with Gasteiger partial charge in [-0.1, -0.05) is 20.8 Å². The van der Waals surface area contributed by atoms with Gasteiger partial charge in [-0.05, 0) is 38.3 Å². The molecule has 0 radical (unpaired) electrons. The first-order valence-electron chi connectivity index (χ1n) is 6.44. The van der Waals surface area contributed by atoms with Crippen molar-refractivity contribution in [1.29, 1.82) is 0 Å². The highest BCUT2D eigenvalue weighted by atomic mass is 15.3. The van der Waals surface area contributed by atoms with E-state index in [4.69, 9.17) is 0 Å². The summed E-state index contributed by atoms with van der Waals surface area (Å²) in [6.07, 6.45) is 4.25. The van der Waals surface area contributed by atoms with Gasteiger partial charge < -0.3 is 5.32 Å². The first-order valence-corrected chi connectivity index (χ1v) is 6.44. The highest BCUT2D eigenvalue weighted by Crippen LogP contribution is 2.20. The third kappa shape index (κ3) is 3.63. The Morgan fingerprint density at radius 1 is 1.38 bits per heavy atom. The summed E-state index contributed by atoms with van der Waals surface area (Å²) in [4.78, 5) is 0. The normalized spacial score (nSPS) is 13.3. The van der Waals surface area contributed by atoms with Gasteiger partial charge in [-0.2, -0.15) is 5.10 Å². The van der Waals surface area contributed by atoms with Gasteiger partial charge in [0.1, 0.15) is 0 Å². The summed E-state index contributed by atoms with van der Waals surface area (Å²) in [6.45, 7) is 10.9. The molecule has 0 bridgehead atoms. The van der Waals surface area contributed by atoms with E-state index in [1.165, 1.54) is 18.5 Å². The summed E-state index contributed by atoms with van der Waals surface area (Å²) >= 11 is 0. The molecule has 92 valence electrons. The van der Waals surface area contributed by atoms with Crippen LogP contribution in [0.1, 0.15) is 52.3 Å². The monoisotopic (exact) mass is 223 g/mol. The Bertz CT molecular complexity index is 291. The van der Waals surface area contributed by atoms with Crippen molar-refractivity contribution in [2.45, 2.75) is 53.1 Å². The molecule has 0 aliphatic heterocycles. The van der Waals surface area contributed by atoms with Crippen LogP contribution in [-0.4, -0.2) is 16.3 Å². The number of rotatable bonds is 7. The van der Waals surface area contributed by atoms with E-state index in [-0.39, 0.29) is 0 Å². The van der Waals surface area contributed by atoms with Gasteiger partial charge in [-0.15, -0.1) is 0 Å². The second-order valence-corrected chi connectivity index (χ2v) is 4.71. The van der Waals surface area contributed by atoms with E-state index in [9.17, 15) is 0 Å². The maximum absolute atomic E-state index is 4.35. The van der Waals surface area contributed by atoms with Crippen molar-refractivity contribution in [2.75, 3.05) is 6.54 Å². The molecule has 0 aliphatic carbocycles. The number of hydrogen-bond donors (Lipinski definition) is 1. The van der Waals surface area contributed by atoms with E-state index < -0.39 is 0 Å². The first kappa shape index (κ1) is 13.2. The van der Waals surface area contributed by atoms with Gasteiger partial charge >= 0.3 is 0 Å². The second-order valence-electron chi connectivity index (χ2n) is 4.71. The van der Waals surface area contributed by atoms with Crippen molar-refractivity contribution < 1.29 is 0 Å². The molecule has 0 aromatic carbocycles. The number of hydrogen-bond acceptors (Lipinski definition) is 2. The van der Waals surface area contributed by atoms with Gasteiger partial charge in [0, 0.05) is 18.8 Å². The highest BCUT2D eigenvalue weighted by molar-refractivity contribution is 5.07. The molecule has 0 fully saturated rings. The minimum Gasteiger partial charge on any atom is -0.309 e. The smallest absolute Gasteiger partial charge is 0.0553 e. The SMILES string of the molecule is CCCNC(CC(C)C)c1ccnn1CC. The van der Waals surface area contributed by atoms with Crippen LogP contribution in [0.2, 0.25) is 0 Å². The van der Waals surface area contributed by atoms with Crippen molar-refractivity contribution >= 4 is 0 Å². The zero-order chi connectivity index (χ0) is 12.0. The van der Waals surface area contributed by atoms with Crippen LogP contribution in [0, 0.1) is 5.92 Å². The summed E-state index contributed by atoms with van der Waals surface area (Å²) in [5, 5.41) is 7.96. The summed E-state index contributed by atoms with van der Waals surface area (Å²) in [5.41, 5.74) is 1.32. The lowest BCUT2D eigenvalue weighted by Crippen LogP contribution is -2.26. The van der Waals surface area contributed by atoms with E-state index in [0.29, 0.717) is 12.0 Å². The molecule has 3 nitrogen and oxygen atoms in total. The van der Waals surface area contributed by atoms with Crippen molar-refractivity contribution in [3.63, 3.8) is 0 Å².